The first-order valence-electron chi connectivity index (χ1n) is 2.43. The molecule has 0 spiro atoms. The zero-order valence-electron chi connectivity index (χ0n) is 5.13. The number of hydrazone groups is 1. The fourth-order valence-corrected chi connectivity index (χ4v) is 0.199. The Morgan fingerprint density at radius 1 is 1.62 bits per heavy atom. The van der Waals surface area contributed by atoms with Gasteiger partial charge in [-0.1, -0.05) is 0 Å². The van der Waals surface area contributed by atoms with Gasteiger partial charge in [0.05, 0.1) is 6.54 Å². The maximum atomic E-state index is 4.85. The van der Waals surface area contributed by atoms with Gasteiger partial charge in [0.2, 0.25) is 0 Å². The molecule has 46 valence electrons. The van der Waals surface area contributed by atoms with Gasteiger partial charge >= 0.3 is 0 Å². The highest BCUT2D eigenvalue weighted by Gasteiger charge is 1.77. The fourth-order valence-electron chi connectivity index (χ4n) is 0.199. The molecule has 0 fully saturated rings. The van der Waals surface area contributed by atoms with Gasteiger partial charge in [-0.05, 0) is 13.8 Å². The smallest absolute Gasteiger partial charge is 0.166 e. The summed E-state index contributed by atoms with van der Waals surface area (Å²) in [6, 6.07) is 0. The van der Waals surface area contributed by atoms with Gasteiger partial charge in [0.1, 0.15) is 0 Å². The molecular weight excluding hydrogens is 104 g/mol. The maximum Gasteiger partial charge on any atom is 0.166 e. The van der Waals surface area contributed by atoms with Gasteiger partial charge in [-0.25, -0.2) is 0 Å². The molecule has 4 heteroatoms. The molecule has 2 N–H and O–H groups in total. The minimum Gasteiger partial charge on any atom is -0.321 e. The number of hydrogen-bond acceptors (Lipinski definition) is 3. The van der Waals surface area contributed by atoms with Crippen molar-refractivity contribution in [3.8, 4) is 0 Å². The third-order valence-corrected chi connectivity index (χ3v) is 0.544. The Hall–Kier alpha value is -0.930. The molecule has 8 heavy (non-hydrogen) atoms. The molecule has 0 aromatic carbocycles. The van der Waals surface area contributed by atoms with Crippen molar-refractivity contribution < 1.29 is 0 Å². The van der Waals surface area contributed by atoms with Crippen LogP contribution in [0, 0.1) is 0 Å². The lowest BCUT2D eigenvalue weighted by molar-refractivity contribution is 1.01. The number of azo groups is 1. The zero-order chi connectivity index (χ0) is 6.41. The van der Waals surface area contributed by atoms with Gasteiger partial charge in [-0.15, -0.1) is 5.11 Å². The Morgan fingerprint density at radius 3 is 2.62 bits per heavy atom. The van der Waals surface area contributed by atoms with E-state index in [1.807, 2.05) is 6.92 Å². The quantitative estimate of drug-likeness (QED) is 0.176. The van der Waals surface area contributed by atoms with E-state index in [2.05, 4.69) is 15.3 Å². The predicted octanol–water partition coefficient (Wildman–Crippen LogP) is 0.751. The van der Waals surface area contributed by atoms with Crippen LogP contribution in [0.15, 0.2) is 15.3 Å². The second-order valence-electron chi connectivity index (χ2n) is 1.23. The van der Waals surface area contributed by atoms with E-state index in [1.165, 1.54) is 0 Å². The molecule has 0 aliphatic rings. The number of hydrogen-bond donors (Lipinski definition) is 1. The van der Waals surface area contributed by atoms with Crippen LogP contribution in [-0.4, -0.2) is 12.4 Å². The standard InChI is InChI=1S/C4H10N4/c1-3-6-8-4(2)7-5/h3,5H2,1-2H3. The van der Waals surface area contributed by atoms with Crippen LogP contribution in [0.25, 0.3) is 0 Å². The number of nitrogens with two attached hydrogens (primary N) is 1. The molecule has 0 bridgehead atoms. The van der Waals surface area contributed by atoms with Gasteiger partial charge in [0.15, 0.2) is 5.84 Å². The van der Waals surface area contributed by atoms with Crippen LogP contribution in [0.2, 0.25) is 0 Å². The van der Waals surface area contributed by atoms with E-state index in [-0.39, 0.29) is 0 Å². The molecule has 0 saturated carbocycles. The summed E-state index contributed by atoms with van der Waals surface area (Å²) >= 11 is 0. The van der Waals surface area contributed by atoms with Crippen molar-refractivity contribution in [3.05, 3.63) is 0 Å². The lowest BCUT2D eigenvalue weighted by Gasteiger charge is -1.81. The molecule has 4 nitrogen and oxygen atoms in total. The molecule has 0 unspecified atom stereocenters. The summed E-state index contributed by atoms with van der Waals surface area (Å²) < 4.78 is 0. The SMILES string of the molecule is CCN=NC(C)=NN. The predicted molar refractivity (Wildman–Crippen MR) is 32.7 cm³/mol. The van der Waals surface area contributed by atoms with Crippen molar-refractivity contribution in [3.63, 3.8) is 0 Å². The van der Waals surface area contributed by atoms with E-state index in [1.54, 1.807) is 6.92 Å². The molecule has 0 aliphatic heterocycles. The summed E-state index contributed by atoms with van der Waals surface area (Å²) in [5, 5.41) is 10.6. The minimum atomic E-state index is 0.506. The van der Waals surface area contributed by atoms with Crippen LogP contribution < -0.4 is 5.84 Å². The topological polar surface area (TPSA) is 63.1 Å². The summed E-state index contributed by atoms with van der Waals surface area (Å²) in [6.45, 7) is 4.26. The molecule has 0 rings (SSSR count). The van der Waals surface area contributed by atoms with E-state index in [0.29, 0.717) is 12.4 Å². The normalized spacial score (nSPS) is 13.0. The zero-order valence-corrected chi connectivity index (χ0v) is 5.13. The first-order valence-corrected chi connectivity index (χ1v) is 2.43. The second-order valence-corrected chi connectivity index (χ2v) is 1.23. The summed E-state index contributed by atoms with van der Waals surface area (Å²) in [6.07, 6.45) is 0. The monoisotopic (exact) mass is 114 g/mol. The van der Waals surface area contributed by atoms with Crippen molar-refractivity contribution in [2.75, 3.05) is 6.54 Å². The third-order valence-electron chi connectivity index (χ3n) is 0.544. The Morgan fingerprint density at radius 2 is 2.25 bits per heavy atom. The van der Waals surface area contributed by atoms with Crippen LogP contribution in [-0.2, 0) is 0 Å². The summed E-state index contributed by atoms with van der Waals surface area (Å²) in [5.41, 5.74) is 0. The van der Waals surface area contributed by atoms with Gasteiger partial charge in [0.25, 0.3) is 0 Å². The van der Waals surface area contributed by atoms with E-state index in [0.717, 1.165) is 0 Å². The second kappa shape index (κ2) is 4.23. The molecule has 0 amide bonds. The molecular formula is C4H10N4. The molecule has 0 aromatic heterocycles. The number of nitrogens with zero attached hydrogens (tertiary/aromatic N) is 3. The first-order chi connectivity index (χ1) is 3.81. The average molecular weight is 114 g/mol. The molecule has 0 atom stereocenters. The van der Waals surface area contributed by atoms with E-state index in [4.69, 9.17) is 5.84 Å². The van der Waals surface area contributed by atoms with Gasteiger partial charge in [-0.2, -0.15) is 10.2 Å². The number of rotatable bonds is 1. The molecule has 0 saturated heterocycles. The van der Waals surface area contributed by atoms with E-state index < -0.39 is 0 Å². The fraction of sp³-hybridized carbons (Fsp3) is 0.750. The van der Waals surface area contributed by atoms with Crippen LogP contribution >= 0.6 is 0 Å². The van der Waals surface area contributed by atoms with Crippen LogP contribution in [0.3, 0.4) is 0 Å². The van der Waals surface area contributed by atoms with Gasteiger partial charge < -0.3 is 5.84 Å². The third kappa shape index (κ3) is 3.27. The minimum absolute atomic E-state index is 0.506. The largest absolute Gasteiger partial charge is 0.321 e. The molecule has 0 heterocycles. The maximum absolute atomic E-state index is 4.85. The average Bonchev–Trinajstić information content (AvgIpc) is 1.83. The lowest BCUT2D eigenvalue weighted by Crippen LogP contribution is -1.90. The Balaban J connectivity index is 3.53. The molecule has 0 aromatic rings. The van der Waals surface area contributed by atoms with Crippen molar-refractivity contribution in [1.82, 2.24) is 0 Å². The first kappa shape index (κ1) is 7.07. The van der Waals surface area contributed by atoms with Crippen molar-refractivity contribution in [2.45, 2.75) is 13.8 Å². The van der Waals surface area contributed by atoms with Crippen LogP contribution in [0.5, 0.6) is 0 Å². The highest BCUT2D eigenvalue weighted by Crippen LogP contribution is 1.77. The Labute approximate surface area is 48.5 Å². The summed E-state index contributed by atoms with van der Waals surface area (Å²) in [4.78, 5) is 0. The van der Waals surface area contributed by atoms with Crippen molar-refractivity contribution >= 4 is 5.84 Å². The van der Waals surface area contributed by atoms with Crippen LogP contribution in [0.1, 0.15) is 13.8 Å². The lowest BCUT2D eigenvalue weighted by atomic mass is 10.7. The Kier molecular flexibility index (Phi) is 3.74. The highest BCUT2D eigenvalue weighted by molar-refractivity contribution is 5.79. The van der Waals surface area contributed by atoms with Crippen molar-refractivity contribution in [1.29, 1.82) is 0 Å². The summed E-state index contributed by atoms with van der Waals surface area (Å²) in [7, 11) is 0. The highest BCUT2D eigenvalue weighted by atomic mass is 15.2. The van der Waals surface area contributed by atoms with Crippen molar-refractivity contribution in [2.24, 2.45) is 21.2 Å². The molecule has 0 radical (unpaired) electrons. The van der Waals surface area contributed by atoms with Gasteiger partial charge in [0, 0.05) is 0 Å². The van der Waals surface area contributed by atoms with Crippen LogP contribution in [0.4, 0.5) is 0 Å². The van der Waals surface area contributed by atoms with E-state index in [9.17, 15) is 0 Å². The number of amidine groups is 1. The van der Waals surface area contributed by atoms with E-state index >= 15 is 0 Å². The summed E-state index contributed by atoms with van der Waals surface area (Å²) in [5.74, 6) is 5.35. The molecule has 0 aliphatic carbocycles. The van der Waals surface area contributed by atoms with Gasteiger partial charge in [-0.3, -0.25) is 0 Å². The Bertz CT molecular complexity index is 105.